The maximum Gasteiger partial charge on any atom is 0.0615 e. The molecule has 2 heteroatoms. The molecule has 0 bridgehead atoms. The van der Waals surface area contributed by atoms with Gasteiger partial charge in [-0.25, -0.2) is 0 Å². The Balaban J connectivity index is 2.04. The van der Waals surface area contributed by atoms with Gasteiger partial charge in [-0.2, -0.15) is 0 Å². The molecule has 0 aromatic carbocycles. The number of likely N-dealkylation sites (tertiary alicyclic amines) is 1. The molecule has 1 saturated carbocycles. The van der Waals surface area contributed by atoms with Crippen LogP contribution in [0.5, 0.6) is 0 Å². The zero-order valence-electron chi connectivity index (χ0n) is 8.12. The lowest BCUT2D eigenvalue weighted by molar-refractivity contribution is 0.0297. The highest BCUT2D eigenvalue weighted by Crippen LogP contribution is 2.37. The van der Waals surface area contributed by atoms with E-state index in [-0.39, 0.29) is 0 Å². The monoisotopic (exact) mass is 169 g/mol. The van der Waals surface area contributed by atoms with Gasteiger partial charge in [-0.15, -0.1) is 0 Å². The first-order valence-corrected chi connectivity index (χ1v) is 5.06. The van der Waals surface area contributed by atoms with Gasteiger partial charge in [0, 0.05) is 19.1 Å². The van der Waals surface area contributed by atoms with E-state index in [0.717, 1.165) is 12.0 Å². The highest BCUT2D eigenvalue weighted by atomic mass is 16.5. The molecule has 0 amide bonds. The van der Waals surface area contributed by atoms with Crippen molar-refractivity contribution in [3.8, 4) is 0 Å². The molecule has 1 aliphatic heterocycles. The summed E-state index contributed by atoms with van der Waals surface area (Å²) >= 11 is 0. The van der Waals surface area contributed by atoms with Crippen molar-refractivity contribution in [2.45, 2.75) is 37.8 Å². The van der Waals surface area contributed by atoms with E-state index in [4.69, 9.17) is 4.74 Å². The Kier molecular flexibility index (Phi) is 2.37. The van der Waals surface area contributed by atoms with E-state index in [2.05, 4.69) is 11.9 Å². The Labute approximate surface area is 74.9 Å². The minimum absolute atomic E-state index is 0.553. The number of rotatable bonds is 1. The van der Waals surface area contributed by atoms with Crippen LogP contribution in [-0.2, 0) is 4.74 Å². The van der Waals surface area contributed by atoms with Crippen molar-refractivity contribution in [2.24, 2.45) is 5.92 Å². The van der Waals surface area contributed by atoms with Crippen molar-refractivity contribution in [1.82, 2.24) is 4.90 Å². The third-order valence-corrected chi connectivity index (χ3v) is 3.64. The predicted octanol–water partition coefficient (Wildman–Crippen LogP) is 1.51. The maximum atomic E-state index is 5.50. The van der Waals surface area contributed by atoms with E-state index in [1.807, 2.05) is 7.11 Å². The first-order chi connectivity index (χ1) is 5.83. The van der Waals surface area contributed by atoms with Crippen LogP contribution >= 0.6 is 0 Å². The van der Waals surface area contributed by atoms with Crippen molar-refractivity contribution in [1.29, 1.82) is 0 Å². The smallest absolute Gasteiger partial charge is 0.0615 e. The molecule has 2 nitrogen and oxygen atoms in total. The lowest BCUT2D eigenvalue weighted by atomic mass is 9.91. The minimum atomic E-state index is 0.553. The van der Waals surface area contributed by atoms with Gasteiger partial charge in [0.05, 0.1) is 6.10 Å². The molecule has 1 unspecified atom stereocenters. The molecule has 12 heavy (non-hydrogen) atoms. The average molecular weight is 169 g/mol. The van der Waals surface area contributed by atoms with Gasteiger partial charge in [-0.1, -0.05) is 0 Å². The Hall–Kier alpha value is -0.0800. The van der Waals surface area contributed by atoms with Crippen molar-refractivity contribution in [3.63, 3.8) is 0 Å². The molecule has 1 heterocycles. The normalized spacial score (nSPS) is 43.0. The van der Waals surface area contributed by atoms with Crippen LogP contribution in [0.1, 0.15) is 25.7 Å². The summed E-state index contributed by atoms with van der Waals surface area (Å²) in [6, 6.07) is 0.823. The molecule has 1 saturated heterocycles. The lowest BCUT2D eigenvalue weighted by Gasteiger charge is -2.36. The van der Waals surface area contributed by atoms with Crippen LogP contribution in [0.15, 0.2) is 0 Å². The van der Waals surface area contributed by atoms with Crippen LogP contribution in [0.2, 0.25) is 0 Å². The molecule has 0 aromatic rings. The third-order valence-electron chi connectivity index (χ3n) is 3.64. The van der Waals surface area contributed by atoms with Crippen molar-refractivity contribution < 1.29 is 4.74 Å². The van der Waals surface area contributed by atoms with Gasteiger partial charge in [-0.3, -0.25) is 0 Å². The molecule has 2 aliphatic rings. The van der Waals surface area contributed by atoms with Crippen LogP contribution in [0.3, 0.4) is 0 Å². The standard InChI is InChI=1S/C10H19NO/c1-11-7-3-4-8-9(11)5-6-10(8)12-2/h8-10H,3-7H2,1-2H3/t8-,9-,10?/m1/s1. The van der Waals surface area contributed by atoms with Gasteiger partial charge >= 0.3 is 0 Å². The van der Waals surface area contributed by atoms with Crippen LogP contribution in [0.25, 0.3) is 0 Å². The third kappa shape index (κ3) is 1.27. The maximum absolute atomic E-state index is 5.50. The van der Waals surface area contributed by atoms with Crippen molar-refractivity contribution >= 4 is 0 Å². The summed E-state index contributed by atoms with van der Waals surface area (Å²) in [5.41, 5.74) is 0. The van der Waals surface area contributed by atoms with Gasteiger partial charge < -0.3 is 9.64 Å². The highest BCUT2D eigenvalue weighted by Gasteiger charge is 2.39. The van der Waals surface area contributed by atoms with Crippen molar-refractivity contribution in [3.05, 3.63) is 0 Å². The fourth-order valence-corrected chi connectivity index (χ4v) is 2.97. The summed E-state index contributed by atoms with van der Waals surface area (Å²) in [6.07, 6.45) is 5.92. The number of hydrogen-bond acceptors (Lipinski definition) is 2. The van der Waals surface area contributed by atoms with E-state index in [0.29, 0.717) is 6.10 Å². The molecule has 2 fully saturated rings. The zero-order chi connectivity index (χ0) is 8.55. The minimum Gasteiger partial charge on any atom is -0.381 e. The van der Waals surface area contributed by atoms with Gasteiger partial charge in [0.1, 0.15) is 0 Å². The average Bonchev–Trinajstić information content (AvgIpc) is 2.49. The van der Waals surface area contributed by atoms with E-state index in [9.17, 15) is 0 Å². The fraction of sp³-hybridized carbons (Fsp3) is 1.00. The van der Waals surface area contributed by atoms with E-state index in [1.54, 1.807) is 0 Å². The Morgan fingerprint density at radius 3 is 2.83 bits per heavy atom. The molecular weight excluding hydrogens is 150 g/mol. The quantitative estimate of drug-likeness (QED) is 0.590. The molecular formula is C10H19NO. The highest BCUT2D eigenvalue weighted by molar-refractivity contribution is 4.93. The van der Waals surface area contributed by atoms with E-state index >= 15 is 0 Å². The number of nitrogens with zero attached hydrogens (tertiary/aromatic N) is 1. The second-order valence-corrected chi connectivity index (χ2v) is 4.21. The van der Waals surface area contributed by atoms with Gasteiger partial charge in [0.15, 0.2) is 0 Å². The van der Waals surface area contributed by atoms with Crippen molar-refractivity contribution in [2.75, 3.05) is 20.7 Å². The van der Waals surface area contributed by atoms with Crippen LogP contribution < -0.4 is 0 Å². The molecule has 0 radical (unpaired) electrons. The summed E-state index contributed by atoms with van der Waals surface area (Å²) in [7, 11) is 4.12. The first kappa shape index (κ1) is 8.52. The largest absolute Gasteiger partial charge is 0.381 e. The predicted molar refractivity (Wildman–Crippen MR) is 49.2 cm³/mol. The molecule has 2 rings (SSSR count). The number of ether oxygens (including phenoxy) is 1. The summed E-state index contributed by atoms with van der Waals surface area (Å²) in [6.45, 7) is 1.29. The summed E-state index contributed by atoms with van der Waals surface area (Å²) in [4.78, 5) is 2.52. The van der Waals surface area contributed by atoms with Crippen LogP contribution in [0.4, 0.5) is 0 Å². The molecule has 0 N–H and O–H groups in total. The molecule has 3 atom stereocenters. The van der Waals surface area contributed by atoms with Crippen LogP contribution in [0, 0.1) is 5.92 Å². The van der Waals surface area contributed by atoms with E-state index in [1.165, 1.54) is 32.2 Å². The topological polar surface area (TPSA) is 12.5 Å². The first-order valence-electron chi connectivity index (χ1n) is 5.06. The molecule has 1 aliphatic carbocycles. The summed E-state index contributed by atoms with van der Waals surface area (Å²) < 4.78 is 5.50. The number of hydrogen-bond donors (Lipinski definition) is 0. The molecule has 0 spiro atoms. The number of methoxy groups -OCH3 is 1. The van der Waals surface area contributed by atoms with E-state index < -0.39 is 0 Å². The van der Waals surface area contributed by atoms with Crippen LogP contribution in [-0.4, -0.2) is 37.7 Å². The summed E-state index contributed by atoms with van der Waals surface area (Å²) in [5, 5.41) is 0. The number of fused-ring (bicyclic) bond motifs is 1. The second-order valence-electron chi connectivity index (χ2n) is 4.21. The van der Waals surface area contributed by atoms with Gasteiger partial charge in [0.25, 0.3) is 0 Å². The fourth-order valence-electron chi connectivity index (χ4n) is 2.97. The molecule has 0 aromatic heterocycles. The van der Waals surface area contributed by atoms with Gasteiger partial charge in [0.2, 0.25) is 0 Å². The summed E-state index contributed by atoms with van der Waals surface area (Å²) in [5.74, 6) is 0.828. The lowest BCUT2D eigenvalue weighted by Crippen LogP contribution is -2.42. The zero-order valence-corrected chi connectivity index (χ0v) is 8.12. The Bertz CT molecular complexity index is 160. The number of piperidine rings is 1. The van der Waals surface area contributed by atoms with Gasteiger partial charge in [-0.05, 0) is 39.3 Å². The Morgan fingerprint density at radius 2 is 2.08 bits per heavy atom. The molecule has 70 valence electrons. The Morgan fingerprint density at radius 1 is 1.25 bits per heavy atom. The second kappa shape index (κ2) is 3.35. The SMILES string of the molecule is COC1CC[C@@H]2[C@H]1CCCN2C.